The third kappa shape index (κ3) is 2.52. The number of amides is 1. The molecule has 1 N–H and O–H groups in total. The highest BCUT2D eigenvalue weighted by Crippen LogP contribution is 2.41. The highest BCUT2D eigenvalue weighted by Gasteiger charge is 2.43. The molecule has 0 aromatic heterocycles. The van der Waals surface area contributed by atoms with Crippen LogP contribution in [0.4, 0.5) is 4.79 Å². The van der Waals surface area contributed by atoms with E-state index in [1.807, 2.05) is 47.0 Å². The molecule has 1 aliphatic carbocycles. The number of nitrogens with zero attached hydrogens (tertiary/aromatic N) is 2. The standard InChI is InChI=1S/C16H24N2O2/c1-16(2,3)18(15(19)20)14-12-9-7-6-8-11(12)10-13(14)17(4)5/h6-9,13-14H,10H2,1-5H3,(H,19,20)/t13-,14-/m1/s1. The predicted molar refractivity (Wildman–Crippen MR) is 80.0 cm³/mol. The summed E-state index contributed by atoms with van der Waals surface area (Å²) in [5.41, 5.74) is 1.97. The second-order valence-electron chi connectivity index (χ2n) is 6.70. The van der Waals surface area contributed by atoms with E-state index in [4.69, 9.17) is 0 Å². The Balaban J connectivity index is 2.52. The molecule has 110 valence electrons. The number of rotatable bonds is 2. The first-order chi connectivity index (χ1) is 9.23. The first-order valence-electron chi connectivity index (χ1n) is 7.00. The molecule has 2 rings (SSSR count). The van der Waals surface area contributed by atoms with Gasteiger partial charge in [-0.05, 0) is 52.4 Å². The molecule has 0 aliphatic heterocycles. The summed E-state index contributed by atoms with van der Waals surface area (Å²) in [5, 5.41) is 9.70. The SMILES string of the molecule is CN(C)[C@@H]1Cc2ccccc2[C@H]1N(C(=O)O)C(C)(C)C. The number of carbonyl (C=O) groups is 1. The van der Waals surface area contributed by atoms with Gasteiger partial charge in [0.1, 0.15) is 0 Å². The van der Waals surface area contributed by atoms with E-state index in [0.717, 1.165) is 12.0 Å². The lowest BCUT2D eigenvalue weighted by Crippen LogP contribution is -2.52. The molecular formula is C16H24N2O2. The number of benzene rings is 1. The Kier molecular flexibility index (Phi) is 3.78. The van der Waals surface area contributed by atoms with Crippen LogP contribution in [0, 0.1) is 0 Å². The fourth-order valence-corrected chi connectivity index (χ4v) is 3.15. The average Bonchev–Trinajstić information content (AvgIpc) is 2.67. The molecule has 0 fully saturated rings. The van der Waals surface area contributed by atoms with Gasteiger partial charge in [0.2, 0.25) is 0 Å². The van der Waals surface area contributed by atoms with Crippen LogP contribution >= 0.6 is 0 Å². The van der Waals surface area contributed by atoms with E-state index in [9.17, 15) is 9.90 Å². The van der Waals surface area contributed by atoms with Crippen LogP contribution in [-0.4, -0.2) is 46.7 Å². The summed E-state index contributed by atoms with van der Waals surface area (Å²) in [6, 6.07) is 8.25. The highest BCUT2D eigenvalue weighted by molar-refractivity contribution is 5.67. The van der Waals surface area contributed by atoms with E-state index in [1.54, 1.807) is 4.90 Å². The molecule has 0 unspecified atom stereocenters. The fraction of sp³-hybridized carbons (Fsp3) is 0.562. The van der Waals surface area contributed by atoms with Gasteiger partial charge in [-0.2, -0.15) is 0 Å². The molecule has 0 heterocycles. The van der Waals surface area contributed by atoms with Crippen molar-refractivity contribution in [2.45, 2.75) is 44.8 Å². The van der Waals surface area contributed by atoms with Crippen molar-refractivity contribution >= 4 is 6.09 Å². The predicted octanol–water partition coefficient (Wildman–Crippen LogP) is 2.99. The lowest BCUT2D eigenvalue weighted by atomic mass is 9.97. The quantitative estimate of drug-likeness (QED) is 0.903. The van der Waals surface area contributed by atoms with Gasteiger partial charge in [0.15, 0.2) is 0 Å². The van der Waals surface area contributed by atoms with Crippen LogP contribution in [0.15, 0.2) is 24.3 Å². The van der Waals surface area contributed by atoms with Crippen LogP contribution in [0.1, 0.15) is 37.9 Å². The second-order valence-corrected chi connectivity index (χ2v) is 6.70. The summed E-state index contributed by atoms with van der Waals surface area (Å²) in [6.45, 7) is 5.86. The Morgan fingerprint density at radius 2 is 1.85 bits per heavy atom. The maximum absolute atomic E-state index is 11.8. The van der Waals surface area contributed by atoms with Crippen molar-refractivity contribution < 1.29 is 9.90 Å². The Morgan fingerprint density at radius 1 is 1.25 bits per heavy atom. The van der Waals surface area contributed by atoms with Crippen LogP contribution < -0.4 is 0 Å². The van der Waals surface area contributed by atoms with E-state index in [-0.39, 0.29) is 12.1 Å². The summed E-state index contributed by atoms with van der Waals surface area (Å²) in [5.74, 6) is 0. The molecule has 0 saturated heterocycles. The zero-order valence-electron chi connectivity index (χ0n) is 12.9. The van der Waals surface area contributed by atoms with Crippen LogP contribution in [0.2, 0.25) is 0 Å². The lowest BCUT2D eigenvalue weighted by molar-refractivity contribution is 0.0430. The summed E-state index contributed by atoms with van der Waals surface area (Å²) in [4.78, 5) is 15.6. The van der Waals surface area contributed by atoms with Crippen molar-refractivity contribution in [1.82, 2.24) is 9.80 Å². The minimum Gasteiger partial charge on any atom is -0.465 e. The van der Waals surface area contributed by atoms with E-state index in [1.165, 1.54) is 5.56 Å². The smallest absolute Gasteiger partial charge is 0.408 e. The Morgan fingerprint density at radius 3 is 2.35 bits per heavy atom. The fourth-order valence-electron chi connectivity index (χ4n) is 3.15. The van der Waals surface area contributed by atoms with E-state index in [0.29, 0.717) is 0 Å². The topological polar surface area (TPSA) is 43.8 Å². The van der Waals surface area contributed by atoms with Crippen molar-refractivity contribution in [1.29, 1.82) is 0 Å². The van der Waals surface area contributed by atoms with Gasteiger partial charge in [-0.3, -0.25) is 4.90 Å². The van der Waals surface area contributed by atoms with E-state index >= 15 is 0 Å². The minimum absolute atomic E-state index is 0.112. The van der Waals surface area contributed by atoms with Gasteiger partial charge in [0, 0.05) is 11.6 Å². The third-order valence-electron chi connectivity index (χ3n) is 4.04. The largest absolute Gasteiger partial charge is 0.465 e. The Labute approximate surface area is 121 Å². The van der Waals surface area contributed by atoms with Gasteiger partial charge in [-0.25, -0.2) is 4.79 Å². The summed E-state index contributed by atoms with van der Waals surface area (Å²) in [7, 11) is 4.04. The van der Waals surface area contributed by atoms with Crippen molar-refractivity contribution in [2.75, 3.05) is 14.1 Å². The molecule has 0 bridgehead atoms. The molecule has 2 atom stereocenters. The van der Waals surface area contributed by atoms with Crippen molar-refractivity contribution in [3.05, 3.63) is 35.4 Å². The van der Waals surface area contributed by atoms with E-state index < -0.39 is 11.6 Å². The molecule has 1 aromatic carbocycles. The number of carboxylic acid groups (broad SMARTS) is 1. The van der Waals surface area contributed by atoms with Crippen molar-refractivity contribution in [3.63, 3.8) is 0 Å². The summed E-state index contributed by atoms with van der Waals surface area (Å²) in [6.07, 6.45) is 0.0410. The van der Waals surface area contributed by atoms with Crippen LogP contribution in [0.3, 0.4) is 0 Å². The molecule has 4 heteroatoms. The maximum Gasteiger partial charge on any atom is 0.408 e. The molecule has 1 amide bonds. The van der Waals surface area contributed by atoms with Crippen LogP contribution in [-0.2, 0) is 6.42 Å². The number of hydrogen-bond donors (Lipinski definition) is 1. The molecule has 1 aromatic rings. The molecular weight excluding hydrogens is 252 g/mol. The van der Waals surface area contributed by atoms with E-state index in [2.05, 4.69) is 17.0 Å². The van der Waals surface area contributed by atoms with Gasteiger partial charge < -0.3 is 10.0 Å². The Hall–Kier alpha value is -1.55. The zero-order valence-corrected chi connectivity index (χ0v) is 12.9. The number of hydrogen-bond acceptors (Lipinski definition) is 2. The maximum atomic E-state index is 11.8. The zero-order chi connectivity index (χ0) is 15.1. The van der Waals surface area contributed by atoms with Gasteiger partial charge in [-0.15, -0.1) is 0 Å². The Bertz CT molecular complexity index is 505. The van der Waals surface area contributed by atoms with Crippen molar-refractivity contribution in [3.8, 4) is 0 Å². The molecule has 0 saturated carbocycles. The minimum atomic E-state index is -0.856. The third-order valence-corrected chi connectivity index (χ3v) is 4.04. The van der Waals surface area contributed by atoms with Gasteiger partial charge >= 0.3 is 6.09 Å². The van der Waals surface area contributed by atoms with Gasteiger partial charge in [0.05, 0.1) is 6.04 Å². The highest BCUT2D eigenvalue weighted by atomic mass is 16.4. The molecule has 4 nitrogen and oxygen atoms in total. The van der Waals surface area contributed by atoms with Gasteiger partial charge in [-0.1, -0.05) is 24.3 Å². The first kappa shape index (κ1) is 14.9. The number of fused-ring (bicyclic) bond motifs is 1. The lowest BCUT2D eigenvalue weighted by Gasteiger charge is -2.42. The van der Waals surface area contributed by atoms with Crippen LogP contribution in [0.25, 0.3) is 0 Å². The van der Waals surface area contributed by atoms with Crippen LogP contribution in [0.5, 0.6) is 0 Å². The summed E-state index contributed by atoms with van der Waals surface area (Å²) >= 11 is 0. The second kappa shape index (κ2) is 5.09. The molecule has 0 radical (unpaired) electrons. The van der Waals surface area contributed by atoms with Gasteiger partial charge in [0.25, 0.3) is 0 Å². The van der Waals surface area contributed by atoms with Crippen molar-refractivity contribution in [2.24, 2.45) is 0 Å². The molecule has 20 heavy (non-hydrogen) atoms. The average molecular weight is 276 g/mol. The normalized spacial score (nSPS) is 21.9. The molecule has 0 spiro atoms. The monoisotopic (exact) mass is 276 g/mol. The summed E-state index contributed by atoms with van der Waals surface area (Å²) < 4.78 is 0. The number of likely N-dealkylation sites (N-methyl/N-ethyl adjacent to an activating group) is 1. The first-order valence-corrected chi connectivity index (χ1v) is 7.00. The molecule has 1 aliphatic rings.